The zero-order valence-electron chi connectivity index (χ0n) is 13.8. The van der Waals surface area contributed by atoms with Crippen LogP contribution in [0.25, 0.3) is 0 Å². The van der Waals surface area contributed by atoms with Gasteiger partial charge < -0.3 is 0 Å². The van der Waals surface area contributed by atoms with Crippen molar-refractivity contribution in [3.05, 3.63) is 62.2 Å². The number of benzene rings is 2. The third-order valence-corrected chi connectivity index (χ3v) is 6.57. The normalized spacial score (nSPS) is 14.3. The molecule has 2 aromatic carbocycles. The molecule has 6 nitrogen and oxygen atoms in total. The highest BCUT2D eigenvalue weighted by molar-refractivity contribution is 7.92. The van der Waals surface area contributed by atoms with Gasteiger partial charge in [0.2, 0.25) is 0 Å². The van der Waals surface area contributed by atoms with E-state index in [1.165, 1.54) is 17.3 Å². The fraction of sp³-hybridized carbons (Fsp3) is 0.294. The molecule has 0 aliphatic carbocycles. The van der Waals surface area contributed by atoms with Crippen LogP contribution in [-0.4, -0.2) is 19.9 Å². The summed E-state index contributed by atoms with van der Waals surface area (Å²) in [7, 11) is -3.94. The van der Waals surface area contributed by atoms with Crippen molar-refractivity contribution in [2.75, 3.05) is 10.8 Å². The molecule has 0 aromatic heterocycles. The molecule has 3 rings (SSSR count). The summed E-state index contributed by atoms with van der Waals surface area (Å²) in [6, 6.07) is 7.98. The van der Waals surface area contributed by atoms with E-state index in [4.69, 9.17) is 11.6 Å². The van der Waals surface area contributed by atoms with Gasteiger partial charge in [-0.15, -0.1) is 0 Å². The molecule has 0 amide bonds. The van der Waals surface area contributed by atoms with Crippen LogP contribution in [0.5, 0.6) is 0 Å². The van der Waals surface area contributed by atoms with Gasteiger partial charge in [0.1, 0.15) is 0 Å². The third-order valence-electron chi connectivity index (χ3n) is 4.39. The van der Waals surface area contributed by atoms with Gasteiger partial charge in [0.05, 0.1) is 20.5 Å². The van der Waals surface area contributed by atoms with E-state index in [1.54, 1.807) is 6.07 Å². The second kappa shape index (κ2) is 6.31. The van der Waals surface area contributed by atoms with E-state index in [-0.39, 0.29) is 21.2 Å². The van der Waals surface area contributed by atoms with E-state index in [0.717, 1.165) is 23.6 Å². The van der Waals surface area contributed by atoms with Crippen LogP contribution in [-0.2, 0) is 16.4 Å². The molecule has 1 aliphatic rings. The van der Waals surface area contributed by atoms with Crippen LogP contribution in [0.4, 0.5) is 11.4 Å². The molecule has 0 N–H and O–H groups in total. The van der Waals surface area contributed by atoms with Crippen LogP contribution >= 0.6 is 11.6 Å². The molecule has 0 fully saturated rings. The first kappa shape index (κ1) is 17.7. The highest BCUT2D eigenvalue weighted by Crippen LogP contribution is 2.35. The lowest BCUT2D eigenvalue weighted by Gasteiger charge is -2.30. The Morgan fingerprint density at radius 2 is 1.92 bits per heavy atom. The van der Waals surface area contributed by atoms with Gasteiger partial charge in [0, 0.05) is 18.2 Å². The lowest BCUT2D eigenvalue weighted by molar-refractivity contribution is -0.385. The number of nitro groups is 1. The number of nitrogens with zero attached hydrogens (tertiary/aromatic N) is 2. The minimum absolute atomic E-state index is 0.0638. The SMILES string of the molecule is Cc1ccc2c(c1)CCCN2S(=O)(=O)c1cc(Cl)c(C)c([N+](=O)[O-])c1. The van der Waals surface area contributed by atoms with Crippen molar-refractivity contribution in [3.8, 4) is 0 Å². The largest absolute Gasteiger partial charge is 0.275 e. The topological polar surface area (TPSA) is 80.5 Å². The summed E-state index contributed by atoms with van der Waals surface area (Å²) in [5.41, 5.74) is 2.60. The Morgan fingerprint density at radius 1 is 1.20 bits per heavy atom. The van der Waals surface area contributed by atoms with Crippen LogP contribution in [0, 0.1) is 24.0 Å². The molecule has 25 heavy (non-hydrogen) atoms. The number of hydrogen-bond donors (Lipinski definition) is 0. The Kier molecular flexibility index (Phi) is 4.47. The van der Waals surface area contributed by atoms with Gasteiger partial charge in [-0.05, 0) is 44.4 Å². The number of halogens is 1. The molecule has 2 aromatic rings. The minimum Gasteiger partial charge on any atom is -0.266 e. The van der Waals surface area contributed by atoms with Crippen molar-refractivity contribution >= 4 is 33.0 Å². The van der Waals surface area contributed by atoms with Crippen molar-refractivity contribution in [2.45, 2.75) is 31.6 Å². The molecular formula is C17H17ClN2O4S. The number of aryl methyl sites for hydroxylation is 2. The smallest absolute Gasteiger partial charge is 0.266 e. The van der Waals surface area contributed by atoms with Gasteiger partial charge >= 0.3 is 0 Å². The molecule has 0 spiro atoms. The molecule has 1 aliphatic heterocycles. The van der Waals surface area contributed by atoms with Crippen LogP contribution in [0.3, 0.4) is 0 Å². The van der Waals surface area contributed by atoms with Gasteiger partial charge in [-0.1, -0.05) is 29.3 Å². The van der Waals surface area contributed by atoms with Crippen LogP contribution in [0.2, 0.25) is 5.02 Å². The van der Waals surface area contributed by atoms with E-state index >= 15 is 0 Å². The fourth-order valence-electron chi connectivity index (χ4n) is 3.05. The zero-order valence-corrected chi connectivity index (χ0v) is 15.4. The summed E-state index contributed by atoms with van der Waals surface area (Å²) >= 11 is 6.04. The van der Waals surface area contributed by atoms with Crippen LogP contribution in [0.15, 0.2) is 35.2 Å². The average molecular weight is 381 g/mol. The molecule has 1 heterocycles. The summed E-state index contributed by atoms with van der Waals surface area (Å²) in [6.45, 7) is 3.78. The summed E-state index contributed by atoms with van der Waals surface area (Å²) in [5, 5.41) is 11.3. The monoisotopic (exact) mass is 380 g/mol. The van der Waals surface area contributed by atoms with Crippen LogP contribution in [0.1, 0.15) is 23.1 Å². The molecule has 132 valence electrons. The first-order valence-electron chi connectivity index (χ1n) is 7.78. The maximum absolute atomic E-state index is 13.1. The zero-order chi connectivity index (χ0) is 18.4. The van der Waals surface area contributed by atoms with Gasteiger partial charge in [-0.2, -0.15) is 0 Å². The number of hydrogen-bond acceptors (Lipinski definition) is 4. The Balaban J connectivity index is 2.15. The van der Waals surface area contributed by atoms with Gasteiger partial charge in [0.15, 0.2) is 0 Å². The fourth-order valence-corrected chi connectivity index (χ4v) is 4.91. The van der Waals surface area contributed by atoms with E-state index in [1.807, 2.05) is 19.1 Å². The summed E-state index contributed by atoms with van der Waals surface area (Å²) in [4.78, 5) is 10.4. The van der Waals surface area contributed by atoms with Crippen molar-refractivity contribution in [1.82, 2.24) is 0 Å². The van der Waals surface area contributed by atoms with E-state index in [0.29, 0.717) is 18.7 Å². The highest BCUT2D eigenvalue weighted by Gasteiger charge is 2.31. The van der Waals surface area contributed by atoms with Crippen LogP contribution < -0.4 is 4.31 Å². The Hall–Kier alpha value is -2.12. The number of sulfonamides is 1. The lowest BCUT2D eigenvalue weighted by atomic mass is 10.0. The number of nitro benzene ring substituents is 1. The van der Waals surface area contributed by atoms with E-state index in [9.17, 15) is 18.5 Å². The van der Waals surface area contributed by atoms with Crippen molar-refractivity contribution in [3.63, 3.8) is 0 Å². The van der Waals surface area contributed by atoms with Gasteiger partial charge in [-0.25, -0.2) is 8.42 Å². The molecule has 0 atom stereocenters. The van der Waals surface area contributed by atoms with Crippen molar-refractivity contribution in [2.24, 2.45) is 0 Å². The molecule has 0 saturated heterocycles. The Morgan fingerprint density at radius 3 is 2.60 bits per heavy atom. The highest BCUT2D eigenvalue weighted by atomic mass is 35.5. The quantitative estimate of drug-likeness (QED) is 0.595. The van der Waals surface area contributed by atoms with Crippen molar-refractivity contribution < 1.29 is 13.3 Å². The third kappa shape index (κ3) is 3.09. The Labute approximate surface area is 151 Å². The first-order chi connectivity index (χ1) is 11.7. The molecule has 0 saturated carbocycles. The maximum atomic E-state index is 13.1. The predicted molar refractivity (Wildman–Crippen MR) is 96.9 cm³/mol. The summed E-state index contributed by atoms with van der Waals surface area (Å²) < 4.78 is 27.6. The van der Waals surface area contributed by atoms with Crippen molar-refractivity contribution in [1.29, 1.82) is 0 Å². The summed E-state index contributed by atoms with van der Waals surface area (Å²) in [6.07, 6.45) is 1.50. The minimum atomic E-state index is -3.94. The molecule has 0 radical (unpaired) electrons. The van der Waals surface area contributed by atoms with Gasteiger partial charge in [-0.3, -0.25) is 14.4 Å². The van der Waals surface area contributed by atoms with E-state index < -0.39 is 14.9 Å². The predicted octanol–water partition coefficient (Wildman–Crippen LogP) is 4.01. The molecule has 0 unspecified atom stereocenters. The number of anilines is 1. The molecule has 8 heteroatoms. The maximum Gasteiger partial charge on any atom is 0.275 e. The first-order valence-corrected chi connectivity index (χ1v) is 9.60. The Bertz CT molecular complexity index is 973. The number of rotatable bonds is 3. The van der Waals surface area contributed by atoms with E-state index in [2.05, 4.69) is 0 Å². The second-order valence-electron chi connectivity index (χ2n) is 6.12. The molecule has 0 bridgehead atoms. The second-order valence-corrected chi connectivity index (χ2v) is 8.39. The average Bonchev–Trinajstić information content (AvgIpc) is 2.55. The lowest BCUT2D eigenvalue weighted by Crippen LogP contribution is -2.35. The standard InChI is InChI=1S/C17H17ClN2O4S/c1-11-5-6-16-13(8-11)4-3-7-19(16)25(23,24)14-9-15(18)12(2)17(10-14)20(21)22/h5-6,8-10H,3-4,7H2,1-2H3. The van der Waals surface area contributed by atoms with Gasteiger partial charge in [0.25, 0.3) is 15.7 Å². The molecular weight excluding hydrogens is 364 g/mol. The number of fused-ring (bicyclic) bond motifs is 1. The summed E-state index contributed by atoms with van der Waals surface area (Å²) in [5.74, 6) is 0.